The van der Waals surface area contributed by atoms with Crippen molar-refractivity contribution in [1.29, 1.82) is 0 Å². The molecule has 1 fully saturated rings. The van der Waals surface area contributed by atoms with Crippen LogP contribution in [0.4, 0.5) is 0 Å². The number of tetrazole rings is 1. The molecule has 31 heavy (non-hydrogen) atoms. The first kappa shape index (κ1) is 20.7. The van der Waals surface area contributed by atoms with Crippen molar-refractivity contribution >= 4 is 11.8 Å². The van der Waals surface area contributed by atoms with Crippen molar-refractivity contribution in [2.45, 2.75) is 6.54 Å². The second kappa shape index (κ2) is 9.48. The molecule has 0 spiro atoms. The van der Waals surface area contributed by atoms with Crippen LogP contribution in [0, 0.1) is 0 Å². The Morgan fingerprint density at radius 3 is 2.48 bits per heavy atom. The number of likely N-dealkylation sites (N-methyl/N-ethyl adjacent to an activating group) is 1. The van der Waals surface area contributed by atoms with E-state index in [2.05, 4.69) is 32.6 Å². The molecule has 2 amide bonds. The fraction of sp³-hybridized carbons (Fsp3) is 0.318. The summed E-state index contributed by atoms with van der Waals surface area (Å²) in [7, 11) is 1.65. The third-order valence-electron chi connectivity index (χ3n) is 5.40. The minimum Gasteiger partial charge on any atom is -0.339 e. The first-order valence-corrected chi connectivity index (χ1v) is 10.2. The van der Waals surface area contributed by atoms with E-state index in [1.54, 1.807) is 25.2 Å². The Hall–Kier alpha value is -3.59. The van der Waals surface area contributed by atoms with Crippen LogP contribution in [-0.2, 0) is 11.3 Å². The maximum absolute atomic E-state index is 12.8. The van der Waals surface area contributed by atoms with Gasteiger partial charge in [-0.15, -0.1) is 5.10 Å². The van der Waals surface area contributed by atoms with Crippen molar-refractivity contribution in [3.8, 4) is 5.69 Å². The van der Waals surface area contributed by atoms with E-state index in [1.165, 1.54) is 21.5 Å². The molecule has 0 aliphatic carbocycles. The lowest BCUT2D eigenvalue weighted by Gasteiger charge is -2.35. The van der Waals surface area contributed by atoms with Crippen LogP contribution in [-0.4, -0.2) is 86.5 Å². The molecule has 9 heteroatoms. The van der Waals surface area contributed by atoms with Crippen LogP contribution in [0.25, 0.3) is 5.69 Å². The van der Waals surface area contributed by atoms with Crippen LogP contribution in [0.2, 0.25) is 0 Å². The van der Waals surface area contributed by atoms with Crippen molar-refractivity contribution in [2.24, 2.45) is 0 Å². The molecule has 0 unspecified atom stereocenters. The molecule has 2 heterocycles. The number of hydrogen-bond acceptors (Lipinski definition) is 6. The molecule has 1 aliphatic heterocycles. The standard InChI is InChI=1S/C22H25N7O2/c1-26(22(31)19-8-5-9-20(14-19)29-17-23-24-25-29)16-21(30)28-12-10-27(11-13-28)15-18-6-3-2-4-7-18/h2-9,14,17H,10-13,15-16H2,1H3. The van der Waals surface area contributed by atoms with Crippen molar-refractivity contribution in [1.82, 2.24) is 34.9 Å². The Balaban J connectivity index is 1.30. The Morgan fingerprint density at radius 1 is 1.00 bits per heavy atom. The van der Waals surface area contributed by atoms with Gasteiger partial charge in [-0.05, 0) is 34.2 Å². The summed E-state index contributed by atoms with van der Waals surface area (Å²) in [5, 5.41) is 11.1. The van der Waals surface area contributed by atoms with Crippen LogP contribution in [0.15, 0.2) is 60.9 Å². The summed E-state index contributed by atoms with van der Waals surface area (Å²) in [4.78, 5) is 31.2. The molecule has 0 radical (unpaired) electrons. The summed E-state index contributed by atoms with van der Waals surface area (Å²) in [5.74, 6) is -0.252. The van der Waals surface area contributed by atoms with E-state index >= 15 is 0 Å². The molecule has 1 saturated heterocycles. The van der Waals surface area contributed by atoms with Crippen molar-refractivity contribution in [2.75, 3.05) is 39.8 Å². The van der Waals surface area contributed by atoms with Gasteiger partial charge in [-0.25, -0.2) is 4.68 Å². The van der Waals surface area contributed by atoms with Gasteiger partial charge >= 0.3 is 0 Å². The quantitative estimate of drug-likeness (QED) is 0.594. The van der Waals surface area contributed by atoms with Crippen molar-refractivity contribution in [3.05, 3.63) is 72.1 Å². The van der Waals surface area contributed by atoms with E-state index in [0.29, 0.717) is 24.3 Å². The van der Waals surface area contributed by atoms with Crippen LogP contribution < -0.4 is 0 Å². The number of aromatic nitrogens is 4. The van der Waals surface area contributed by atoms with Gasteiger partial charge in [0.25, 0.3) is 5.91 Å². The summed E-state index contributed by atoms with van der Waals surface area (Å²) in [6, 6.07) is 17.3. The Morgan fingerprint density at radius 2 is 1.77 bits per heavy atom. The lowest BCUT2D eigenvalue weighted by Crippen LogP contribution is -2.51. The first-order valence-electron chi connectivity index (χ1n) is 10.2. The highest BCUT2D eigenvalue weighted by Gasteiger charge is 2.23. The summed E-state index contributed by atoms with van der Waals surface area (Å²) < 4.78 is 1.48. The molecule has 0 bridgehead atoms. The van der Waals surface area contributed by atoms with Gasteiger partial charge in [-0.3, -0.25) is 14.5 Å². The summed E-state index contributed by atoms with van der Waals surface area (Å²) in [5.41, 5.74) is 2.44. The van der Waals surface area contributed by atoms with Crippen LogP contribution in [0.1, 0.15) is 15.9 Å². The van der Waals surface area contributed by atoms with Crippen molar-refractivity contribution in [3.63, 3.8) is 0 Å². The Kier molecular flexibility index (Phi) is 6.32. The number of carbonyl (C=O) groups excluding carboxylic acids is 2. The fourth-order valence-corrected chi connectivity index (χ4v) is 3.65. The molecule has 0 atom stereocenters. The van der Waals surface area contributed by atoms with Gasteiger partial charge in [-0.2, -0.15) is 0 Å². The zero-order valence-corrected chi connectivity index (χ0v) is 17.5. The Bertz CT molecular complexity index is 1020. The lowest BCUT2D eigenvalue weighted by molar-refractivity contribution is -0.133. The average molecular weight is 419 g/mol. The molecule has 1 aliphatic rings. The molecule has 4 rings (SSSR count). The fourth-order valence-electron chi connectivity index (χ4n) is 3.65. The minimum atomic E-state index is -0.217. The monoisotopic (exact) mass is 419 g/mol. The smallest absolute Gasteiger partial charge is 0.254 e. The molecule has 3 aromatic rings. The number of amides is 2. The zero-order valence-electron chi connectivity index (χ0n) is 17.5. The number of benzene rings is 2. The van der Waals surface area contributed by atoms with Crippen molar-refractivity contribution < 1.29 is 9.59 Å². The van der Waals surface area contributed by atoms with E-state index in [-0.39, 0.29) is 18.4 Å². The second-order valence-electron chi connectivity index (χ2n) is 7.61. The maximum Gasteiger partial charge on any atom is 0.254 e. The third-order valence-corrected chi connectivity index (χ3v) is 5.40. The molecule has 1 aromatic heterocycles. The molecule has 160 valence electrons. The molecular formula is C22H25N7O2. The van der Waals surface area contributed by atoms with Gasteiger partial charge in [-0.1, -0.05) is 36.4 Å². The molecule has 0 N–H and O–H groups in total. The van der Waals surface area contributed by atoms with E-state index in [1.807, 2.05) is 29.2 Å². The molecule has 9 nitrogen and oxygen atoms in total. The number of piperazine rings is 1. The van der Waals surface area contributed by atoms with Gasteiger partial charge in [0.2, 0.25) is 5.91 Å². The molecule has 2 aromatic carbocycles. The average Bonchev–Trinajstić information content (AvgIpc) is 3.35. The highest BCUT2D eigenvalue weighted by Crippen LogP contribution is 2.12. The van der Waals surface area contributed by atoms with Gasteiger partial charge < -0.3 is 9.80 Å². The predicted molar refractivity (Wildman–Crippen MR) is 114 cm³/mol. The Labute approximate surface area is 180 Å². The largest absolute Gasteiger partial charge is 0.339 e. The van der Waals surface area contributed by atoms with Gasteiger partial charge in [0.05, 0.1) is 12.2 Å². The summed E-state index contributed by atoms with van der Waals surface area (Å²) >= 11 is 0. The van der Waals surface area contributed by atoms with Crippen LogP contribution in [0.3, 0.4) is 0 Å². The highest BCUT2D eigenvalue weighted by molar-refractivity contribution is 5.96. The topological polar surface area (TPSA) is 87.5 Å². The highest BCUT2D eigenvalue weighted by atomic mass is 16.2. The molecular weight excluding hydrogens is 394 g/mol. The number of carbonyl (C=O) groups is 2. The summed E-state index contributed by atoms with van der Waals surface area (Å²) in [6.07, 6.45) is 1.47. The normalized spacial score (nSPS) is 14.4. The molecule has 0 saturated carbocycles. The van der Waals surface area contributed by atoms with Crippen LogP contribution >= 0.6 is 0 Å². The van der Waals surface area contributed by atoms with E-state index in [9.17, 15) is 9.59 Å². The van der Waals surface area contributed by atoms with Gasteiger partial charge in [0, 0.05) is 45.3 Å². The maximum atomic E-state index is 12.8. The third kappa shape index (κ3) is 5.13. The van der Waals surface area contributed by atoms with E-state index in [0.717, 1.165) is 19.6 Å². The van der Waals surface area contributed by atoms with Crippen LogP contribution in [0.5, 0.6) is 0 Å². The zero-order chi connectivity index (χ0) is 21.6. The van der Waals surface area contributed by atoms with E-state index < -0.39 is 0 Å². The van der Waals surface area contributed by atoms with Gasteiger partial charge in [0.15, 0.2) is 0 Å². The minimum absolute atomic E-state index is 0.0353. The number of hydrogen-bond donors (Lipinski definition) is 0. The van der Waals surface area contributed by atoms with E-state index in [4.69, 9.17) is 0 Å². The number of nitrogens with zero attached hydrogens (tertiary/aromatic N) is 7. The SMILES string of the molecule is CN(CC(=O)N1CCN(Cc2ccccc2)CC1)C(=O)c1cccc(-n2cnnn2)c1. The lowest BCUT2D eigenvalue weighted by atomic mass is 10.1. The number of rotatable bonds is 6. The predicted octanol–water partition coefficient (Wildman–Crippen LogP) is 1.08. The first-order chi connectivity index (χ1) is 15.1. The second-order valence-corrected chi connectivity index (χ2v) is 7.61. The summed E-state index contributed by atoms with van der Waals surface area (Å²) in [6.45, 7) is 3.93. The van der Waals surface area contributed by atoms with Gasteiger partial charge in [0.1, 0.15) is 6.33 Å².